The van der Waals surface area contributed by atoms with Gasteiger partial charge in [0, 0.05) is 12.6 Å². The van der Waals surface area contributed by atoms with Gasteiger partial charge in [-0.3, -0.25) is 14.5 Å². The van der Waals surface area contributed by atoms with Crippen molar-refractivity contribution < 1.29 is 28.5 Å². The van der Waals surface area contributed by atoms with Crippen LogP contribution in [-0.2, 0) is 23.8 Å². The Kier molecular flexibility index (Phi) is 4.23. The molecular formula is C17H21NO6. The van der Waals surface area contributed by atoms with Crippen molar-refractivity contribution in [3.05, 3.63) is 24.3 Å². The van der Waals surface area contributed by atoms with Crippen molar-refractivity contribution >= 4 is 17.6 Å². The van der Waals surface area contributed by atoms with E-state index in [0.29, 0.717) is 18.0 Å². The highest BCUT2D eigenvalue weighted by Crippen LogP contribution is 2.37. The highest BCUT2D eigenvalue weighted by molar-refractivity contribution is 6.06. The van der Waals surface area contributed by atoms with E-state index < -0.39 is 23.9 Å². The molecule has 0 aliphatic carbocycles. The van der Waals surface area contributed by atoms with Crippen LogP contribution in [0.15, 0.2) is 24.3 Å². The molecule has 0 bridgehead atoms. The second-order valence-corrected chi connectivity index (χ2v) is 6.29. The molecule has 0 aromatic heterocycles. The van der Waals surface area contributed by atoms with E-state index in [1.807, 2.05) is 13.8 Å². The summed E-state index contributed by atoms with van der Waals surface area (Å²) in [6.45, 7) is 5.24. The number of methoxy groups -OCH3 is 1. The summed E-state index contributed by atoms with van der Waals surface area (Å²) in [5.74, 6) is -0.795. The zero-order valence-corrected chi connectivity index (χ0v) is 14.1. The molecule has 0 N–H and O–H groups in total. The number of hydrogen-bond donors (Lipinski definition) is 0. The third-order valence-electron chi connectivity index (χ3n) is 4.14. The van der Waals surface area contributed by atoms with Crippen molar-refractivity contribution in [2.24, 2.45) is 0 Å². The Bertz CT molecular complexity index is 641. The van der Waals surface area contributed by atoms with Crippen LogP contribution >= 0.6 is 0 Å². The largest absolute Gasteiger partial charge is 0.497 e. The molecule has 2 saturated heterocycles. The minimum Gasteiger partial charge on any atom is -0.497 e. The number of hydrogen-bond acceptors (Lipinski definition) is 6. The Morgan fingerprint density at radius 3 is 2.46 bits per heavy atom. The fraction of sp³-hybridized carbons (Fsp3) is 0.529. The highest BCUT2D eigenvalue weighted by atomic mass is 16.7. The predicted octanol–water partition coefficient (Wildman–Crippen LogP) is 1.49. The summed E-state index contributed by atoms with van der Waals surface area (Å²) in [6.07, 6.45) is -1.23. The first kappa shape index (κ1) is 16.7. The first-order valence-electron chi connectivity index (χ1n) is 7.78. The smallest absolute Gasteiger partial charge is 0.303 e. The first-order valence-corrected chi connectivity index (χ1v) is 7.78. The molecule has 0 radical (unpaired) electrons. The number of β-lactam (4-membered cyclic amide) rings is 1. The summed E-state index contributed by atoms with van der Waals surface area (Å²) in [5, 5.41) is 0. The Morgan fingerprint density at radius 1 is 1.29 bits per heavy atom. The van der Waals surface area contributed by atoms with Crippen LogP contribution in [-0.4, -0.2) is 49.6 Å². The minimum atomic E-state index is -0.855. The summed E-state index contributed by atoms with van der Waals surface area (Å²) in [6, 6.07) is 6.70. The summed E-state index contributed by atoms with van der Waals surface area (Å²) in [7, 11) is 1.58. The number of rotatable bonds is 4. The van der Waals surface area contributed by atoms with Crippen LogP contribution in [0.4, 0.5) is 5.69 Å². The van der Waals surface area contributed by atoms with E-state index in [-0.39, 0.29) is 12.0 Å². The fourth-order valence-electron chi connectivity index (χ4n) is 3.07. The third kappa shape index (κ3) is 2.97. The number of benzene rings is 1. The van der Waals surface area contributed by atoms with Gasteiger partial charge < -0.3 is 18.9 Å². The van der Waals surface area contributed by atoms with Gasteiger partial charge in [0.1, 0.15) is 17.9 Å². The molecule has 130 valence electrons. The number of ether oxygens (including phenoxy) is 4. The molecule has 2 heterocycles. The lowest BCUT2D eigenvalue weighted by Crippen LogP contribution is -2.71. The molecule has 2 aliphatic rings. The second kappa shape index (κ2) is 6.07. The maximum absolute atomic E-state index is 12.5. The van der Waals surface area contributed by atoms with Crippen molar-refractivity contribution in [2.75, 3.05) is 18.6 Å². The van der Waals surface area contributed by atoms with Gasteiger partial charge in [-0.2, -0.15) is 0 Å². The van der Waals surface area contributed by atoms with E-state index in [9.17, 15) is 9.59 Å². The summed E-state index contributed by atoms with van der Waals surface area (Å²) < 4.78 is 21.8. The van der Waals surface area contributed by atoms with Gasteiger partial charge in [-0.25, -0.2) is 0 Å². The van der Waals surface area contributed by atoms with Crippen molar-refractivity contribution in [2.45, 2.75) is 44.8 Å². The van der Waals surface area contributed by atoms with Crippen molar-refractivity contribution in [3.63, 3.8) is 0 Å². The molecule has 1 aromatic rings. The van der Waals surface area contributed by atoms with Crippen LogP contribution in [0, 0.1) is 0 Å². The number of anilines is 1. The summed E-state index contributed by atoms with van der Waals surface area (Å²) in [5.41, 5.74) is 0.697. The van der Waals surface area contributed by atoms with Gasteiger partial charge in [-0.15, -0.1) is 0 Å². The van der Waals surface area contributed by atoms with Crippen molar-refractivity contribution in [1.29, 1.82) is 0 Å². The number of esters is 1. The fourth-order valence-corrected chi connectivity index (χ4v) is 3.07. The van der Waals surface area contributed by atoms with E-state index in [0.717, 1.165) is 0 Å². The Hall–Kier alpha value is -2.12. The van der Waals surface area contributed by atoms with Crippen LogP contribution in [0.2, 0.25) is 0 Å². The molecule has 1 aromatic carbocycles. The molecule has 0 unspecified atom stereocenters. The maximum atomic E-state index is 12.5. The first-order chi connectivity index (χ1) is 11.3. The van der Waals surface area contributed by atoms with Gasteiger partial charge in [0.25, 0.3) is 5.91 Å². The Balaban J connectivity index is 1.86. The molecule has 7 heteroatoms. The van der Waals surface area contributed by atoms with Crippen LogP contribution in [0.25, 0.3) is 0 Å². The average molecular weight is 335 g/mol. The number of amides is 1. The van der Waals surface area contributed by atoms with Gasteiger partial charge in [0.05, 0.1) is 13.7 Å². The van der Waals surface area contributed by atoms with E-state index in [1.165, 1.54) is 6.92 Å². The van der Waals surface area contributed by atoms with Gasteiger partial charge >= 0.3 is 5.97 Å². The standard InChI is InChI=1S/C17H21NO6/c1-10(19)23-15-14(13-9-22-17(2,3)24-13)18(16(15)20)11-5-7-12(21-4)8-6-11/h5-8,13-15H,9H2,1-4H3/t13-,14+,15-/m1/s1. The number of nitrogens with zero attached hydrogens (tertiary/aromatic N) is 1. The summed E-state index contributed by atoms with van der Waals surface area (Å²) in [4.78, 5) is 25.4. The minimum absolute atomic E-state index is 0.270. The van der Waals surface area contributed by atoms with Gasteiger partial charge in [0.2, 0.25) is 6.10 Å². The Morgan fingerprint density at radius 2 is 1.96 bits per heavy atom. The van der Waals surface area contributed by atoms with Crippen LogP contribution in [0.3, 0.4) is 0 Å². The maximum Gasteiger partial charge on any atom is 0.303 e. The molecule has 0 spiro atoms. The molecule has 2 aliphatic heterocycles. The lowest BCUT2D eigenvalue weighted by Gasteiger charge is -2.47. The molecule has 3 atom stereocenters. The molecule has 1 amide bonds. The van der Waals surface area contributed by atoms with Crippen LogP contribution in [0.5, 0.6) is 5.75 Å². The van der Waals surface area contributed by atoms with E-state index in [4.69, 9.17) is 18.9 Å². The molecule has 2 fully saturated rings. The molecule has 0 saturated carbocycles. The van der Waals surface area contributed by atoms with Gasteiger partial charge in [-0.05, 0) is 38.1 Å². The molecule has 24 heavy (non-hydrogen) atoms. The number of carbonyl (C=O) groups excluding carboxylic acids is 2. The van der Waals surface area contributed by atoms with Crippen molar-refractivity contribution in [3.8, 4) is 5.75 Å². The lowest BCUT2D eigenvalue weighted by atomic mass is 9.91. The molecule has 3 rings (SSSR count). The lowest BCUT2D eigenvalue weighted by molar-refractivity contribution is -0.171. The van der Waals surface area contributed by atoms with Crippen LogP contribution < -0.4 is 9.64 Å². The normalized spacial score (nSPS) is 28.4. The van der Waals surface area contributed by atoms with Crippen LogP contribution in [0.1, 0.15) is 20.8 Å². The van der Waals surface area contributed by atoms with Gasteiger partial charge in [0.15, 0.2) is 5.79 Å². The van der Waals surface area contributed by atoms with E-state index in [2.05, 4.69) is 0 Å². The summed E-state index contributed by atoms with van der Waals surface area (Å²) >= 11 is 0. The van der Waals surface area contributed by atoms with E-state index >= 15 is 0 Å². The third-order valence-corrected chi connectivity index (χ3v) is 4.14. The van der Waals surface area contributed by atoms with Gasteiger partial charge in [-0.1, -0.05) is 0 Å². The topological polar surface area (TPSA) is 74.3 Å². The Labute approximate surface area is 140 Å². The quantitative estimate of drug-likeness (QED) is 0.613. The zero-order valence-electron chi connectivity index (χ0n) is 14.1. The van der Waals surface area contributed by atoms with E-state index in [1.54, 1.807) is 36.3 Å². The van der Waals surface area contributed by atoms with Crippen molar-refractivity contribution in [1.82, 2.24) is 0 Å². The molecule has 7 nitrogen and oxygen atoms in total. The predicted molar refractivity (Wildman–Crippen MR) is 84.7 cm³/mol. The molecular weight excluding hydrogens is 314 g/mol. The number of carbonyl (C=O) groups is 2. The monoisotopic (exact) mass is 335 g/mol. The SMILES string of the molecule is COc1ccc(N2C(=O)[C@H](OC(C)=O)[C@@H]2[C@H]2COC(C)(C)O2)cc1. The average Bonchev–Trinajstić information content (AvgIpc) is 2.89. The zero-order chi connectivity index (χ0) is 17.5. The highest BCUT2D eigenvalue weighted by Gasteiger charge is 2.57. The second-order valence-electron chi connectivity index (χ2n) is 6.29.